The van der Waals surface area contributed by atoms with E-state index >= 15 is 0 Å². The third kappa shape index (κ3) is 7.27. The number of benzene rings is 2. The molecule has 2 amide bonds. The summed E-state index contributed by atoms with van der Waals surface area (Å²) in [5, 5.41) is 16.2. The van der Waals surface area contributed by atoms with Crippen LogP contribution in [-0.2, 0) is 32.0 Å². The highest BCUT2D eigenvalue weighted by molar-refractivity contribution is 5.90. The lowest BCUT2D eigenvalue weighted by Crippen LogP contribution is -2.53. The lowest BCUT2D eigenvalue weighted by Gasteiger charge is -2.22. The summed E-state index contributed by atoms with van der Waals surface area (Å²) < 4.78 is 23.2. The van der Waals surface area contributed by atoms with E-state index < -0.39 is 40.6 Å². The van der Waals surface area contributed by atoms with E-state index in [1.54, 1.807) is 0 Å². The van der Waals surface area contributed by atoms with Crippen LogP contribution >= 0.6 is 0 Å². The van der Waals surface area contributed by atoms with Gasteiger partial charge in [0.25, 0.3) is 5.69 Å². The molecule has 176 valence electrons. The maximum atomic E-state index is 13.2. The maximum Gasteiger partial charge on any atom is 0.328 e. The van der Waals surface area contributed by atoms with Crippen molar-refractivity contribution in [3.05, 3.63) is 69.5 Å². The topological polar surface area (TPSA) is 137 Å². The number of esters is 1. The van der Waals surface area contributed by atoms with E-state index in [4.69, 9.17) is 9.47 Å². The molecule has 2 aromatic rings. The Balaban J connectivity index is 2.28. The van der Waals surface area contributed by atoms with Crippen molar-refractivity contribution in [2.45, 2.75) is 31.8 Å². The van der Waals surface area contributed by atoms with Crippen molar-refractivity contribution >= 4 is 23.5 Å². The van der Waals surface area contributed by atoms with Gasteiger partial charge in [-0.05, 0) is 23.8 Å². The summed E-state index contributed by atoms with van der Waals surface area (Å²) in [5.74, 6) is -2.12. The van der Waals surface area contributed by atoms with E-state index in [1.165, 1.54) is 56.5 Å². The third-order valence-electron chi connectivity index (χ3n) is 4.75. The van der Waals surface area contributed by atoms with Crippen LogP contribution in [0.25, 0.3) is 0 Å². The Kier molecular flexibility index (Phi) is 8.84. The zero-order valence-electron chi connectivity index (χ0n) is 18.3. The Morgan fingerprint density at radius 2 is 1.70 bits per heavy atom. The fraction of sp³-hybridized carbons (Fsp3) is 0.318. The second kappa shape index (κ2) is 11.6. The number of carbonyl (C=O) groups is 3. The van der Waals surface area contributed by atoms with Crippen LogP contribution in [0.1, 0.15) is 18.1 Å². The summed E-state index contributed by atoms with van der Waals surface area (Å²) in [6, 6.07) is 7.00. The number of ether oxygens (including phenoxy) is 2. The van der Waals surface area contributed by atoms with Crippen molar-refractivity contribution in [1.82, 2.24) is 10.6 Å². The Bertz CT molecular complexity index is 1030. The van der Waals surface area contributed by atoms with Crippen LogP contribution < -0.4 is 15.4 Å². The zero-order chi connectivity index (χ0) is 24.5. The number of nitrogens with one attached hydrogen (secondary N) is 2. The first-order valence-corrected chi connectivity index (χ1v) is 9.85. The molecule has 0 aromatic heterocycles. The Labute approximate surface area is 189 Å². The number of non-ortho nitro benzene ring substituents is 1. The van der Waals surface area contributed by atoms with E-state index in [-0.39, 0.29) is 24.3 Å². The van der Waals surface area contributed by atoms with Gasteiger partial charge in [-0.15, -0.1) is 0 Å². The van der Waals surface area contributed by atoms with Gasteiger partial charge in [0.1, 0.15) is 23.7 Å². The van der Waals surface area contributed by atoms with Crippen molar-refractivity contribution in [2.24, 2.45) is 0 Å². The van der Waals surface area contributed by atoms with Crippen molar-refractivity contribution in [3.8, 4) is 5.75 Å². The van der Waals surface area contributed by atoms with Gasteiger partial charge in [0.2, 0.25) is 11.8 Å². The van der Waals surface area contributed by atoms with Crippen LogP contribution in [0.15, 0.2) is 42.5 Å². The summed E-state index contributed by atoms with van der Waals surface area (Å²) in [5.41, 5.74) is 0.672. The number of nitro groups is 1. The highest BCUT2D eigenvalue weighted by Crippen LogP contribution is 2.25. The molecular weight excluding hydrogens is 437 g/mol. The standard InChI is InChI=1S/C22H24FN3O7/c1-13(27)24-18(10-14-4-6-16(23)7-5-14)21(28)25-19(22(29)33-3)12-15-11-17(26(30)31)8-9-20(15)32-2/h4-9,11,18-19H,10,12H2,1-3H3,(H,24,27)(H,25,28)/t18-,19-/m1/s1. The van der Waals surface area contributed by atoms with Crippen LogP contribution in [0.4, 0.5) is 10.1 Å². The number of nitro benzene ring substituents is 1. The van der Waals surface area contributed by atoms with Crippen LogP contribution in [-0.4, -0.2) is 49.0 Å². The molecule has 10 nitrogen and oxygen atoms in total. The molecule has 0 heterocycles. The number of halogens is 1. The summed E-state index contributed by atoms with van der Waals surface area (Å²) in [6.07, 6.45) is -0.119. The minimum Gasteiger partial charge on any atom is -0.496 e. The number of methoxy groups -OCH3 is 2. The number of amides is 2. The van der Waals surface area contributed by atoms with Gasteiger partial charge in [-0.1, -0.05) is 12.1 Å². The number of rotatable bonds is 10. The second-order valence-corrected chi connectivity index (χ2v) is 7.13. The fourth-order valence-corrected chi connectivity index (χ4v) is 3.18. The third-order valence-corrected chi connectivity index (χ3v) is 4.75. The second-order valence-electron chi connectivity index (χ2n) is 7.13. The Hall–Kier alpha value is -4.02. The normalized spacial score (nSPS) is 12.2. The largest absolute Gasteiger partial charge is 0.496 e. The van der Waals surface area contributed by atoms with Crippen molar-refractivity contribution in [1.29, 1.82) is 0 Å². The molecule has 2 N–H and O–H groups in total. The molecule has 0 radical (unpaired) electrons. The number of nitrogens with zero attached hydrogens (tertiary/aromatic N) is 1. The molecule has 0 fully saturated rings. The van der Waals surface area contributed by atoms with E-state index in [2.05, 4.69) is 10.6 Å². The van der Waals surface area contributed by atoms with Crippen molar-refractivity contribution in [3.63, 3.8) is 0 Å². The van der Waals surface area contributed by atoms with Gasteiger partial charge in [-0.25, -0.2) is 9.18 Å². The molecule has 33 heavy (non-hydrogen) atoms. The summed E-state index contributed by atoms with van der Waals surface area (Å²) >= 11 is 0. The molecule has 2 atom stereocenters. The highest BCUT2D eigenvalue weighted by atomic mass is 19.1. The SMILES string of the molecule is COC(=O)[C@@H](Cc1cc([N+](=O)[O-])ccc1OC)NC(=O)[C@@H](Cc1ccc(F)cc1)NC(C)=O. The quantitative estimate of drug-likeness (QED) is 0.312. The van der Waals surface area contributed by atoms with Gasteiger partial charge in [-0.2, -0.15) is 0 Å². The molecule has 0 aliphatic carbocycles. The molecule has 11 heteroatoms. The average molecular weight is 461 g/mol. The number of carbonyl (C=O) groups excluding carboxylic acids is 3. The zero-order valence-corrected chi connectivity index (χ0v) is 18.3. The Morgan fingerprint density at radius 1 is 1.03 bits per heavy atom. The monoisotopic (exact) mass is 461 g/mol. The average Bonchev–Trinajstić information content (AvgIpc) is 2.78. The first kappa shape index (κ1) is 25.2. The lowest BCUT2D eigenvalue weighted by molar-refractivity contribution is -0.384. The van der Waals surface area contributed by atoms with Gasteiger partial charge < -0.3 is 20.1 Å². The van der Waals surface area contributed by atoms with Crippen LogP contribution in [0.2, 0.25) is 0 Å². The van der Waals surface area contributed by atoms with E-state index in [0.717, 1.165) is 7.11 Å². The lowest BCUT2D eigenvalue weighted by atomic mass is 10.0. The van der Waals surface area contributed by atoms with E-state index in [0.29, 0.717) is 11.1 Å². The minimum absolute atomic E-state index is 0.0414. The van der Waals surface area contributed by atoms with Crippen LogP contribution in [0, 0.1) is 15.9 Å². The van der Waals surface area contributed by atoms with E-state index in [1.807, 2.05) is 0 Å². The van der Waals surface area contributed by atoms with Crippen LogP contribution in [0.5, 0.6) is 5.75 Å². The van der Waals surface area contributed by atoms with Gasteiger partial charge in [-0.3, -0.25) is 19.7 Å². The number of hydrogen-bond donors (Lipinski definition) is 2. The molecule has 0 spiro atoms. The molecular formula is C22H24FN3O7. The van der Waals surface area contributed by atoms with Gasteiger partial charge in [0.05, 0.1) is 19.1 Å². The van der Waals surface area contributed by atoms with Crippen molar-refractivity contribution < 1.29 is 33.2 Å². The van der Waals surface area contributed by atoms with Crippen LogP contribution in [0.3, 0.4) is 0 Å². The highest BCUT2D eigenvalue weighted by Gasteiger charge is 2.28. The minimum atomic E-state index is -1.22. The predicted octanol–water partition coefficient (Wildman–Crippen LogP) is 1.69. The summed E-state index contributed by atoms with van der Waals surface area (Å²) in [4.78, 5) is 47.5. The Morgan fingerprint density at radius 3 is 2.24 bits per heavy atom. The molecule has 0 unspecified atom stereocenters. The predicted molar refractivity (Wildman–Crippen MR) is 115 cm³/mol. The smallest absolute Gasteiger partial charge is 0.328 e. The van der Waals surface area contributed by atoms with Crippen molar-refractivity contribution in [2.75, 3.05) is 14.2 Å². The molecule has 2 rings (SSSR count). The summed E-state index contributed by atoms with van der Waals surface area (Å²) in [6.45, 7) is 1.23. The first-order chi connectivity index (χ1) is 15.6. The molecule has 0 saturated heterocycles. The molecule has 0 saturated carbocycles. The first-order valence-electron chi connectivity index (χ1n) is 9.85. The van der Waals surface area contributed by atoms with Gasteiger partial charge in [0.15, 0.2) is 0 Å². The molecule has 0 bridgehead atoms. The fourth-order valence-electron chi connectivity index (χ4n) is 3.18. The molecule has 2 aromatic carbocycles. The van der Waals surface area contributed by atoms with Gasteiger partial charge >= 0.3 is 5.97 Å². The molecule has 0 aliphatic heterocycles. The summed E-state index contributed by atoms with van der Waals surface area (Å²) in [7, 11) is 2.50. The number of hydrogen-bond acceptors (Lipinski definition) is 7. The molecule has 0 aliphatic rings. The van der Waals surface area contributed by atoms with Gasteiger partial charge in [0, 0.05) is 37.5 Å². The maximum absolute atomic E-state index is 13.2. The van der Waals surface area contributed by atoms with E-state index in [9.17, 15) is 28.9 Å².